The third-order valence-corrected chi connectivity index (χ3v) is 4.35. The number of carbonyl (C=O) groups excluding carboxylic acids is 1. The SMILES string of the molecule is CC(CNC(=O)CC1CCNCC1)N(C)C1CC1.Cl.Cl. The molecule has 1 saturated heterocycles. The summed E-state index contributed by atoms with van der Waals surface area (Å²) in [6, 6.07) is 1.22. The summed E-state index contributed by atoms with van der Waals surface area (Å²) < 4.78 is 0. The van der Waals surface area contributed by atoms with Crippen molar-refractivity contribution in [3.63, 3.8) is 0 Å². The van der Waals surface area contributed by atoms with Crippen LogP contribution < -0.4 is 10.6 Å². The maximum absolute atomic E-state index is 11.9. The van der Waals surface area contributed by atoms with Crippen LogP contribution in [0.15, 0.2) is 0 Å². The molecule has 1 aliphatic carbocycles. The van der Waals surface area contributed by atoms with Crippen LogP contribution >= 0.6 is 24.8 Å². The number of rotatable bonds is 6. The van der Waals surface area contributed by atoms with Crippen molar-refractivity contribution in [2.45, 2.75) is 51.1 Å². The van der Waals surface area contributed by atoms with Crippen LogP contribution in [0.2, 0.25) is 0 Å². The van der Waals surface area contributed by atoms with E-state index >= 15 is 0 Å². The van der Waals surface area contributed by atoms with E-state index in [2.05, 4.69) is 29.5 Å². The Hall–Kier alpha value is -0.0300. The fourth-order valence-corrected chi connectivity index (χ4v) is 2.67. The first-order chi connectivity index (χ1) is 8.66. The summed E-state index contributed by atoms with van der Waals surface area (Å²) in [5.41, 5.74) is 0. The van der Waals surface area contributed by atoms with Gasteiger partial charge in [0.2, 0.25) is 5.91 Å². The van der Waals surface area contributed by atoms with E-state index < -0.39 is 0 Å². The molecular formula is C14H29Cl2N3O. The van der Waals surface area contributed by atoms with Gasteiger partial charge in [-0.2, -0.15) is 0 Å². The summed E-state index contributed by atoms with van der Waals surface area (Å²) in [5, 5.41) is 6.43. The highest BCUT2D eigenvalue weighted by Crippen LogP contribution is 2.26. The quantitative estimate of drug-likeness (QED) is 0.783. The molecule has 2 fully saturated rings. The van der Waals surface area contributed by atoms with E-state index in [1.807, 2.05) is 0 Å². The van der Waals surface area contributed by atoms with Crippen LogP contribution in [-0.4, -0.2) is 49.6 Å². The molecule has 1 heterocycles. The molecule has 120 valence electrons. The summed E-state index contributed by atoms with van der Waals surface area (Å²) in [6.45, 7) is 5.12. The predicted octanol–water partition coefficient (Wildman–Crippen LogP) is 1.82. The Bertz CT molecular complexity index is 282. The molecule has 1 saturated carbocycles. The lowest BCUT2D eigenvalue weighted by atomic mass is 9.94. The van der Waals surface area contributed by atoms with Gasteiger partial charge in [0.25, 0.3) is 0 Å². The Morgan fingerprint density at radius 2 is 1.85 bits per heavy atom. The molecule has 1 unspecified atom stereocenters. The normalized spacial score (nSPS) is 20.8. The number of likely N-dealkylation sites (N-methyl/N-ethyl adjacent to an activating group) is 1. The van der Waals surface area contributed by atoms with E-state index in [9.17, 15) is 4.79 Å². The lowest BCUT2D eigenvalue weighted by Crippen LogP contribution is -2.42. The van der Waals surface area contributed by atoms with Gasteiger partial charge in [-0.05, 0) is 58.7 Å². The number of piperidine rings is 1. The summed E-state index contributed by atoms with van der Waals surface area (Å²) in [7, 11) is 2.17. The zero-order valence-corrected chi connectivity index (χ0v) is 14.2. The summed E-state index contributed by atoms with van der Waals surface area (Å²) >= 11 is 0. The topological polar surface area (TPSA) is 44.4 Å². The molecule has 0 spiro atoms. The van der Waals surface area contributed by atoms with E-state index in [1.165, 1.54) is 12.8 Å². The van der Waals surface area contributed by atoms with E-state index in [4.69, 9.17) is 0 Å². The van der Waals surface area contributed by atoms with Gasteiger partial charge in [0, 0.05) is 25.0 Å². The second-order valence-electron chi connectivity index (χ2n) is 5.95. The third kappa shape index (κ3) is 6.61. The summed E-state index contributed by atoms with van der Waals surface area (Å²) in [6.07, 6.45) is 5.64. The van der Waals surface area contributed by atoms with Crippen LogP contribution in [0.1, 0.15) is 39.0 Å². The first-order valence-corrected chi connectivity index (χ1v) is 7.36. The van der Waals surface area contributed by atoms with Crippen molar-refractivity contribution >= 4 is 30.7 Å². The average molecular weight is 326 g/mol. The second-order valence-corrected chi connectivity index (χ2v) is 5.95. The largest absolute Gasteiger partial charge is 0.355 e. The molecule has 2 N–H and O–H groups in total. The molecule has 2 rings (SSSR count). The van der Waals surface area contributed by atoms with Gasteiger partial charge in [0.1, 0.15) is 0 Å². The van der Waals surface area contributed by atoms with Crippen molar-refractivity contribution in [3.8, 4) is 0 Å². The fraction of sp³-hybridized carbons (Fsp3) is 0.929. The van der Waals surface area contributed by atoms with Crippen LogP contribution in [0.5, 0.6) is 0 Å². The molecular weight excluding hydrogens is 297 g/mol. The van der Waals surface area contributed by atoms with Gasteiger partial charge in [-0.1, -0.05) is 0 Å². The van der Waals surface area contributed by atoms with Crippen molar-refractivity contribution in [2.75, 3.05) is 26.7 Å². The molecule has 0 radical (unpaired) electrons. The number of halogens is 2. The van der Waals surface area contributed by atoms with Crippen LogP contribution in [0, 0.1) is 5.92 Å². The highest BCUT2D eigenvalue weighted by Gasteiger charge is 2.29. The monoisotopic (exact) mass is 325 g/mol. The molecule has 0 aromatic rings. The number of nitrogens with one attached hydrogen (secondary N) is 2. The first kappa shape index (κ1) is 20.0. The highest BCUT2D eigenvalue weighted by atomic mass is 35.5. The first-order valence-electron chi connectivity index (χ1n) is 7.36. The van der Waals surface area contributed by atoms with Crippen LogP contribution in [0.4, 0.5) is 0 Å². The molecule has 4 nitrogen and oxygen atoms in total. The number of amides is 1. The van der Waals surface area contributed by atoms with Crippen molar-refractivity contribution in [3.05, 3.63) is 0 Å². The molecule has 20 heavy (non-hydrogen) atoms. The van der Waals surface area contributed by atoms with Crippen molar-refractivity contribution in [1.29, 1.82) is 0 Å². The Labute approximate surface area is 135 Å². The number of nitrogens with zero attached hydrogens (tertiary/aromatic N) is 1. The maximum Gasteiger partial charge on any atom is 0.220 e. The molecule has 0 bridgehead atoms. The van der Waals surface area contributed by atoms with Gasteiger partial charge < -0.3 is 10.6 Å². The maximum atomic E-state index is 11.9. The minimum atomic E-state index is 0. The van der Waals surface area contributed by atoms with Crippen molar-refractivity contribution in [1.82, 2.24) is 15.5 Å². The van der Waals surface area contributed by atoms with E-state index in [0.29, 0.717) is 18.4 Å². The van der Waals surface area contributed by atoms with Gasteiger partial charge >= 0.3 is 0 Å². The van der Waals surface area contributed by atoms with Gasteiger partial charge in [-0.15, -0.1) is 24.8 Å². The lowest BCUT2D eigenvalue weighted by molar-refractivity contribution is -0.122. The molecule has 0 aromatic carbocycles. The number of hydrogen-bond acceptors (Lipinski definition) is 3. The fourth-order valence-electron chi connectivity index (χ4n) is 2.67. The Morgan fingerprint density at radius 3 is 2.40 bits per heavy atom. The van der Waals surface area contributed by atoms with Gasteiger partial charge in [-0.3, -0.25) is 9.69 Å². The lowest BCUT2D eigenvalue weighted by Gasteiger charge is -2.26. The van der Waals surface area contributed by atoms with Crippen LogP contribution in [-0.2, 0) is 4.79 Å². The standard InChI is InChI=1S/C14H27N3O.2ClH/c1-11(17(2)13-3-4-13)10-16-14(18)9-12-5-7-15-8-6-12;;/h11-13,15H,3-10H2,1-2H3,(H,16,18);2*1H. The molecule has 1 atom stereocenters. The average Bonchev–Trinajstić information content (AvgIpc) is 3.20. The Balaban J connectivity index is 0.00000180. The van der Waals surface area contributed by atoms with Crippen LogP contribution in [0.3, 0.4) is 0 Å². The zero-order chi connectivity index (χ0) is 13.0. The number of hydrogen-bond donors (Lipinski definition) is 2. The minimum absolute atomic E-state index is 0. The third-order valence-electron chi connectivity index (χ3n) is 4.35. The number of carbonyl (C=O) groups is 1. The van der Waals surface area contributed by atoms with Crippen molar-refractivity contribution in [2.24, 2.45) is 5.92 Å². The highest BCUT2D eigenvalue weighted by molar-refractivity contribution is 5.85. The van der Waals surface area contributed by atoms with E-state index in [-0.39, 0.29) is 30.7 Å². The second kappa shape index (κ2) is 9.82. The summed E-state index contributed by atoms with van der Waals surface area (Å²) in [5.74, 6) is 0.820. The van der Waals surface area contributed by atoms with Crippen LogP contribution in [0.25, 0.3) is 0 Å². The molecule has 2 aliphatic rings. The van der Waals surface area contributed by atoms with Gasteiger partial charge in [0.15, 0.2) is 0 Å². The smallest absolute Gasteiger partial charge is 0.220 e. The predicted molar refractivity (Wildman–Crippen MR) is 88.0 cm³/mol. The zero-order valence-electron chi connectivity index (χ0n) is 12.6. The molecule has 6 heteroatoms. The molecule has 1 amide bonds. The van der Waals surface area contributed by atoms with Gasteiger partial charge in [0.05, 0.1) is 0 Å². The minimum Gasteiger partial charge on any atom is -0.355 e. The van der Waals surface area contributed by atoms with Crippen molar-refractivity contribution < 1.29 is 4.79 Å². The van der Waals surface area contributed by atoms with E-state index in [0.717, 1.165) is 38.5 Å². The van der Waals surface area contributed by atoms with E-state index in [1.54, 1.807) is 0 Å². The van der Waals surface area contributed by atoms with Gasteiger partial charge in [-0.25, -0.2) is 0 Å². The molecule has 0 aromatic heterocycles. The summed E-state index contributed by atoms with van der Waals surface area (Å²) in [4.78, 5) is 14.3. The Morgan fingerprint density at radius 1 is 1.25 bits per heavy atom. The Kier molecular flexibility index (Phi) is 9.81. The molecule has 1 aliphatic heterocycles.